The fraction of sp³-hybridized carbons (Fsp3) is 0.632. The van der Waals surface area contributed by atoms with Crippen molar-refractivity contribution in [3.63, 3.8) is 0 Å². The van der Waals surface area contributed by atoms with Crippen LogP contribution in [0.15, 0.2) is 24.3 Å². The fourth-order valence-corrected chi connectivity index (χ4v) is 2.99. The molecule has 140 valence electrons. The average Bonchev–Trinajstić information content (AvgIpc) is 2.56. The summed E-state index contributed by atoms with van der Waals surface area (Å²) in [4.78, 5) is 16.3. The lowest BCUT2D eigenvalue weighted by Gasteiger charge is -2.39. The van der Waals surface area contributed by atoms with Crippen LogP contribution in [0.5, 0.6) is 5.75 Å². The molecule has 0 saturated carbocycles. The van der Waals surface area contributed by atoms with E-state index >= 15 is 0 Å². The van der Waals surface area contributed by atoms with E-state index in [0.29, 0.717) is 26.2 Å². The van der Waals surface area contributed by atoms with Gasteiger partial charge in [-0.05, 0) is 45.4 Å². The largest absolute Gasteiger partial charge is 0.494 e. The number of amides is 1. The third-order valence-electron chi connectivity index (χ3n) is 4.21. The van der Waals surface area contributed by atoms with Crippen LogP contribution in [0.3, 0.4) is 0 Å². The zero-order valence-corrected chi connectivity index (χ0v) is 15.8. The maximum atomic E-state index is 12.2. The minimum absolute atomic E-state index is 0.150. The SMILES string of the molecule is CCOc1ccc(C(CN)N2CCN(C(=O)OC(C)(C)C)CC2)cc1. The molecule has 0 aliphatic carbocycles. The fourth-order valence-electron chi connectivity index (χ4n) is 2.99. The number of piperazine rings is 1. The average molecular weight is 349 g/mol. The van der Waals surface area contributed by atoms with Gasteiger partial charge in [0, 0.05) is 38.8 Å². The standard InChI is InChI=1S/C19H31N3O3/c1-5-24-16-8-6-15(7-9-16)17(14-20)21-10-12-22(13-11-21)18(23)25-19(2,3)4/h6-9,17H,5,10-14,20H2,1-4H3. The Morgan fingerprint density at radius 1 is 1.16 bits per heavy atom. The second-order valence-electron chi connectivity index (χ2n) is 7.26. The van der Waals surface area contributed by atoms with Crippen LogP contribution in [-0.4, -0.2) is 60.8 Å². The number of hydrogen-bond acceptors (Lipinski definition) is 5. The van der Waals surface area contributed by atoms with Crippen molar-refractivity contribution in [2.24, 2.45) is 5.73 Å². The van der Waals surface area contributed by atoms with Crippen LogP contribution in [-0.2, 0) is 4.74 Å². The number of hydrogen-bond donors (Lipinski definition) is 1. The van der Waals surface area contributed by atoms with Crippen LogP contribution < -0.4 is 10.5 Å². The van der Waals surface area contributed by atoms with E-state index in [0.717, 1.165) is 18.8 Å². The third-order valence-corrected chi connectivity index (χ3v) is 4.21. The summed E-state index contributed by atoms with van der Waals surface area (Å²) < 4.78 is 10.9. The van der Waals surface area contributed by atoms with Crippen molar-refractivity contribution in [1.82, 2.24) is 9.80 Å². The third kappa shape index (κ3) is 5.61. The van der Waals surface area contributed by atoms with Crippen molar-refractivity contribution >= 4 is 6.09 Å². The van der Waals surface area contributed by atoms with Gasteiger partial charge in [-0.15, -0.1) is 0 Å². The lowest BCUT2D eigenvalue weighted by molar-refractivity contribution is 0.0106. The van der Waals surface area contributed by atoms with Gasteiger partial charge < -0.3 is 20.1 Å². The Morgan fingerprint density at radius 3 is 2.24 bits per heavy atom. The van der Waals surface area contributed by atoms with Crippen LogP contribution in [0.2, 0.25) is 0 Å². The van der Waals surface area contributed by atoms with Crippen LogP contribution in [0.4, 0.5) is 4.79 Å². The van der Waals surface area contributed by atoms with Crippen LogP contribution in [0, 0.1) is 0 Å². The van der Waals surface area contributed by atoms with E-state index in [1.54, 1.807) is 4.90 Å². The highest BCUT2D eigenvalue weighted by Gasteiger charge is 2.29. The zero-order chi connectivity index (χ0) is 18.4. The van der Waals surface area contributed by atoms with Crippen molar-refractivity contribution < 1.29 is 14.3 Å². The van der Waals surface area contributed by atoms with Crippen LogP contribution >= 0.6 is 0 Å². The molecule has 2 rings (SSSR count). The first-order chi connectivity index (χ1) is 11.8. The molecule has 6 nitrogen and oxygen atoms in total. The minimum Gasteiger partial charge on any atom is -0.494 e. The number of carbonyl (C=O) groups is 1. The summed E-state index contributed by atoms with van der Waals surface area (Å²) in [6.07, 6.45) is -0.238. The Kier molecular flexibility index (Phi) is 6.67. The molecule has 0 spiro atoms. The maximum Gasteiger partial charge on any atom is 0.410 e. The summed E-state index contributed by atoms with van der Waals surface area (Å²) in [5.41, 5.74) is 6.75. The number of rotatable bonds is 5. The molecule has 1 atom stereocenters. The van der Waals surface area contributed by atoms with Crippen molar-refractivity contribution in [2.45, 2.75) is 39.3 Å². The van der Waals surface area contributed by atoms with Crippen LogP contribution in [0.25, 0.3) is 0 Å². The van der Waals surface area contributed by atoms with Gasteiger partial charge in [0.05, 0.1) is 6.61 Å². The molecule has 1 heterocycles. The van der Waals surface area contributed by atoms with Gasteiger partial charge in [0.25, 0.3) is 0 Å². The molecule has 1 unspecified atom stereocenters. The topological polar surface area (TPSA) is 68.0 Å². The van der Waals surface area contributed by atoms with Crippen molar-refractivity contribution in [1.29, 1.82) is 0 Å². The smallest absolute Gasteiger partial charge is 0.410 e. The molecule has 1 fully saturated rings. The summed E-state index contributed by atoms with van der Waals surface area (Å²) in [5.74, 6) is 0.872. The molecule has 1 aromatic carbocycles. The monoisotopic (exact) mass is 349 g/mol. The highest BCUT2D eigenvalue weighted by molar-refractivity contribution is 5.68. The lowest BCUT2D eigenvalue weighted by atomic mass is 10.0. The molecular weight excluding hydrogens is 318 g/mol. The number of nitrogens with two attached hydrogens (primary N) is 1. The highest BCUT2D eigenvalue weighted by atomic mass is 16.6. The summed E-state index contributed by atoms with van der Waals surface area (Å²) in [6.45, 7) is 11.7. The quantitative estimate of drug-likeness (QED) is 0.885. The van der Waals surface area contributed by atoms with E-state index in [4.69, 9.17) is 15.2 Å². The molecule has 2 N–H and O–H groups in total. The first kappa shape index (κ1) is 19.5. The number of benzene rings is 1. The van der Waals surface area contributed by atoms with Gasteiger partial charge in [0.1, 0.15) is 11.4 Å². The summed E-state index contributed by atoms with van der Waals surface area (Å²) in [5, 5.41) is 0. The Bertz CT molecular complexity index is 546. The molecule has 1 aliphatic heterocycles. The van der Waals surface area contributed by atoms with Crippen LogP contribution in [0.1, 0.15) is 39.3 Å². The van der Waals surface area contributed by atoms with Gasteiger partial charge in [0.15, 0.2) is 0 Å². The van der Waals surface area contributed by atoms with Crippen molar-refractivity contribution in [3.05, 3.63) is 29.8 Å². The predicted molar refractivity (Wildman–Crippen MR) is 98.8 cm³/mol. The van der Waals surface area contributed by atoms with Gasteiger partial charge in [-0.3, -0.25) is 4.90 Å². The van der Waals surface area contributed by atoms with Gasteiger partial charge in [-0.2, -0.15) is 0 Å². The number of ether oxygens (including phenoxy) is 2. The molecule has 1 amide bonds. The summed E-state index contributed by atoms with van der Waals surface area (Å²) in [6, 6.07) is 8.26. The Labute approximate surface area is 150 Å². The molecule has 0 bridgehead atoms. The zero-order valence-electron chi connectivity index (χ0n) is 15.8. The molecule has 0 aromatic heterocycles. The number of carbonyl (C=O) groups excluding carboxylic acids is 1. The molecular formula is C19H31N3O3. The summed E-state index contributed by atoms with van der Waals surface area (Å²) in [7, 11) is 0. The Hall–Kier alpha value is -1.79. The van der Waals surface area contributed by atoms with Gasteiger partial charge in [-0.25, -0.2) is 4.79 Å². The summed E-state index contributed by atoms with van der Waals surface area (Å²) >= 11 is 0. The predicted octanol–water partition coefficient (Wildman–Crippen LogP) is 2.64. The minimum atomic E-state index is -0.462. The first-order valence-corrected chi connectivity index (χ1v) is 8.99. The number of nitrogens with zero attached hydrogens (tertiary/aromatic N) is 2. The van der Waals surface area contributed by atoms with E-state index in [1.807, 2.05) is 39.8 Å². The Balaban J connectivity index is 1.94. The van der Waals surface area contributed by atoms with E-state index in [2.05, 4.69) is 17.0 Å². The second-order valence-corrected chi connectivity index (χ2v) is 7.26. The maximum absolute atomic E-state index is 12.2. The lowest BCUT2D eigenvalue weighted by Crippen LogP contribution is -2.51. The van der Waals surface area contributed by atoms with Crippen molar-refractivity contribution in [3.8, 4) is 5.75 Å². The van der Waals surface area contributed by atoms with E-state index in [1.165, 1.54) is 5.56 Å². The molecule has 1 saturated heterocycles. The molecule has 1 aliphatic rings. The van der Waals surface area contributed by atoms with Gasteiger partial charge in [0.2, 0.25) is 0 Å². The molecule has 0 radical (unpaired) electrons. The van der Waals surface area contributed by atoms with Gasteiger partial charge >= 0.3 is 6.09 Å². The highest BCUT2D eigenvalue weighted by Crippen LogP contribution is 2.24. The molecule has 25 heavy (non-hydrogen) atoms. The Morgan fingerprint density at radius 2 is 1.76 bits per heavy atom. The van der Waals surface area contributed by atoms with E-state index in [-0.39, 0.29) is 12.1 Å². The molecule has 6 heteroatoms. The molecule has 1 aromatic rings. The van der Waals surface area contributed by atoms with E-state index in [9.17, 15) is 4.79 Å². The van der Waals surface area contributed by atoms with Gasteiger partial charge in [-0.1, -0.05) is 12.1 Å². The van der Waals surface area contributed by atoms with Crippen molar-refractivity contribution in [2.75, 3.05) is 39.3 Å². The first-order valence-electron chi connectivity index (χ1n) is 8.99. The van der Waals surface area contributed by atoms with E-state index < -0.39 is 5.60 Å². The second kappa shape index (κ2) is 8.54. The normalized spacial score (nSPS) is 17.2.